The van der Waals surface area contributed by atoms with E-state index in [1.807, 2.05) is 0 Å². The van der Waals surface area contributed by atoms with Gasteiger partial charge in [0.2, 0.25) is 0 Å². The van der Waals surface area contributed by atoms with Crippen LogP contribution >= 0.6 is 0 Å². The number of hydrazine groups is 1. The lowest BCUT2D eigenvalue weighted by Gasteiger charge is -2.19. The second kappa shape index (κ2) is 15.3. The minimum atomic E-state index is 0.527. The predicted molar refractivity (Wildman–Crippen MR) is 91.6 cm³/mol. The van der Waals surface area contributed by atoms with Gasteiger partial charge in [-0.05, 0) is 18.8 Å². The molecular weight excluding hydrogens is 244 g/mol. The van der Waals surface area contributed by atoms with Gasteiger partial charge in [0.25, 0.3) is 0 Å². The van der Waals surface area contributed by atoms with Crippen molar-refractivity contribution in [2.75, 3.05) is 0 Å². The van der Waals surface area contributed by atoms with Gasteiger partial charge in [-0.2, -0.15) is 0 Å². The Hall–Kier alpha value is -0.0800. The fraction of sp³-hybridized carbons (Fsp3) is 1.00. The maximum absolute atomic E-state index is 5.65. The molecule has 0 aromatic heterocycles. The summed E-state index contributed by atoms with van der Waals surface area (Å²) in [6.45, 7) is 6.87. The molecule has 0 spiro atoms. The molecule has 0 aromatic carbocycles. The molecular formula is C18H40N2. The van der Waals surface area contributed by atoms with E-state index >= 15 is 0 Å². The largest absolute Gasteiger partial charge is 0.271 e. The average Bonchev–Trinajstić information content (AvgIpc) is 2.47. The molecule has 20 heavy (non-hydrogen) atoms. The van der Waals surface area contributed by atoms with Crippen LogP contribution in [0, 0.1) is 5.92 Å². The van der Waals surface area contributed by atoms with Crippen LogP contribution in [0.2, 0.25) is 0 Å². The van der Waals surface area contributed by atoms with Gasteiger partial charge in [0.05, 0.1) is 0 Å². The highest BCUT2D eigenvalue weighted by molar-refractivity contribution is 4.67. The molecule has 2 nitrogen and oxygen atoms in total. The number of unbranched alkanes of at least 4 members (excludes halogenated alkanes) is 9. The van der Waals surface area contributed by atoms with Gasteiger partial charge in [0, 0.05) is 6.04 Å². The molecule has 0 saturated heterocycles. The Bertz CT molecular complexity index is 182. The van der Waals surface area contributed by atoms with Crippen LogP contribution in [0.5, 0.6) is 0 Å². The summed E-state index contributed by atoms with van der Waals surface area (Å²) in [7, 11) is 0. The number of nitrogens with one attached hydrogen (secondary N) is 1. The zero-order valence-corrected chi connectivity index (χ0v) is 14.4. The Balaban J connectivity index is 3.29. The number of nitrogens with two attached hydrogens (primary N) is 1. The van der Waals surface area contributed by atoms with Crippen LogP contribution < -0.4 is 11.3 Å². The molecule has 0 aliphatic heterocycles. The van der Waals surface area contributed by atoms with Crippen molar-refractivity contribution in [2.24, 2.45) is 11.8 Å². The number of hydrogen-bond donors (Lipinski definition) is 2. The van der Waals surface area contributed by atoms with Crippen LogP contribution in [-0.2, 0) is 0 Å². The highest BCUT2D eigenvalue weighted by Gasteiger charge is 2.09. The SMILES string of the molecule is CCCCCCCCCCCCC(CC(C)CC)NN. The Morgan fingerprint density at radius 3 is 1.75 bits per heavy atom. The van der Waals surface area contributed by atoms with Gasteiger partial charge in [-0.1, -0.05) is 91.4 Å². The molecule has 3 N–H and O–H groups in total. The minimum Gasteiger partial charge on any atom is -0.271 e. The topological polar surface area (TPSA) is 38.0 Å². The van der Waals surface area contributed by atoms with Crippen molar-refractivity contribution in [1.82, 2.24) is 5.43 Å². The Morgan fingerprint density at radius 1 is 0.800 bits per heavy atom. The van der Waals surface area contributed by atoms with E-state index in [0.29, 0.717) is 6.04 Å². The van der Waals surface area contributed by atoms with Crippen molar-refractivity contribution in [3.05, 3.63) is 0 Å². The fourth-order valence-corrected chi connectivity index (χ4v) is 2.80. The van der Waals surface area contributed by atoms with Gasteiger partial charge < -0.3 is 0 Å². The number of rotatable bonds is 15. The van der Waals surface area contributed by atoms with Crippen molar-refractivity contribution in [1.29, 1.82) is 0 Å². The van der Waals surface area contributed by atoms with Crippen LogP contribution in [0.3, 0.4) is 0 Å². The highest BCUT2D eigenvalue weighted by atomic mass is 15.2. The molecule has 122 valence electrons. The Morgan fingerprint density at radius 2 is 1.30 bits per heavy atom. The molecule has 0 aliphatic carbocycles. The van der Waals surface area contributed by atoms with Crippen molar-refractivity contribution in [3.8, 4) is 0 Å². The lowest BCUT2D eigenvalue weighted by molar-refractivity contribution is 0.370. The molecule has 0 saturated carbocycles. The van der Waals surface area contributed by atoms with Crippen molar-refractivity contribution in [3.63, 3.8) is 0 Å². The standard InChI is InChI=1S/C18H40N2/c1-4-6-7-8-9-10-11-12-13-14-15-18(20-19)16-17(3)5-2/h17-18,20H,4-16,19H2,1-3H3. The summed E-state index contributed by atoms with van der Waals surface area (Å²) in [5, 5.41) is 0. The third kappa shape index (κ3) is 12.9. The quantitative estimate of drug-likeness (QED) is 0.234. The molecule has 2 heteroatoms. The molecule has 0 bridgehead atoms. The smallest absolute Gasteiger partial charge is 0.0213 e. The van der Waals surface area contributed by atoms with Gasteiger partial charge in [-0.25, -0.2) is 0 Å². The summed E-state index contributed by atoms with van der Waals surface area (Å²) in [5.74, 6) is 6.44. The van der Waals surface area contributed by atoms with Crippen molar-refractivity contribution < 1.29 is 0 Å². The third-order valence-electron chi connectivity index (χ3n) is 4.53. The summed E-state index contributed by atoms with van der Waals surface area (Å²) in [5.41, 5.74) is 3.00. The van der Waals surface area contributed by atoms with E-state index in [1.165, 1.54) is 83.5 Å². The van der Waals surface area contributed by atoms with E-state index in [4.69, 9.17) is 5.84 Å². The first-order chi connectivity index (χ1) is 9.74. The summed E-state index contributed by atoms with van der Waals surface area (Å²) < 4.78 is 0. The van der Waals surface area contributed by atoms with Gasteiger partial charge >= 0.3 is 0 Å². The third-order valence-corrected chi connectivity index (χ3v) is 4.53. The zero-order valence-electron chi connectivity index (χ0n) is 14.4. The molecule has 2 atom stereocenters. The van der Waals surface area contributed by atoms with E-state index in [9.17, 15) is 0 Å². The Kier molecular flexibility index (Phi) is 15.3. The zero-order chi connectivity index (χ0) is 15.1. The molecule has 0 heterocycles. The molecule has 2 unspecified atom stereocenters. The molecule has 0 radical (unpaired) electrons. The van der Waals surface area contributed by atoms with Crippen molar-refractivity contribution >= 4 is 0 Å². The first-order valence-corrected chi connectivity index (χ1v) is 9.20. The first-order valence-electron chi connectivity index (χ1n) is 9.20. The normalized spacial score (nSPS) is 14.4. The van der Waals surface area contributed by atoms with E-state index in [0.717, 1.165) is 5.92 Å². The average molecular weight is 285 g/mol. The fourth-order valence-electron chi connectivity index (χ4n) is 2.80. The van der Waals surface area contributed by atoms with E-state index in [-0.39, 0.29) is 0 Å². The Labute approximate surface area is 128 Å². The lowest BCUT2D eigenvalue weighted by atomic mass is 9.95. The van der Waals surface area contributed by atoms with Crippen LogP contribution in [-0.4, -0.2) is 6.04 Å². The van der Waals surface area contributed by atoms with E-state index in [2.05, 4.69) is 26.2 Å². The number of hydrogen-bond acceptors (Lipinski definition) is 2. The highest BCUT2D eigenvalue weighted by Crippen LogP contribution is 2.16. The lowest BCUT2D eigenvalue weighted by Crippen LogP contribution is -2.36. The monoisotopic (exact) mass is 284 g/mol. The molecule has 0 fully saturated rings. The first kappa shape index (κ1) is 19.9. The molecule has 0 aliphatic rings. The summed E-state index contributed by atoms with van der Waals surface area (Å²) in [4.78, 5) is 0. The van der Waals surface area contributed by atoms with Crippen LogP contribution in [0.1, 0.15) is 104 Å². The molecule has 0 rings (SSSR count). The summed E-state index contributed by atoms with van der Waals surface area (Å²) >= 11 is 0. The van der Waals surface area contributed by atoms with Crippen LogP contribution in [0.4, 0.5) is 0 Å². The van der Waals surface area contributed by atoms with Gasteiger partial charge in [0.15, 0.2) is 0 Å². The predicted octanol–water partition coefficient (Wildman–Crippen LogP) is 5.57. The molecule has 0 aromatic rings. The van der Waals surface area contributed by atoms with Crippen molar-refractivity contribution in [2.45, 2.75) is 110 Å². The summed E-state index contributed by atoms with van der Waals surface area (Å²) in [6.07, 6.45) is 17.8. The van der Waals surface area contributed by atoms with Gasteiger partial charge in [-0.3, -0.25) is 11.3 Å². The summed E-state index contributed by atoms with van der Waals surface area (Å²) in [6, 6.07) is 0.527. The van der Waals surface area contributed by atoms with Gasteiger partial charge in [0.1, 0.15) is 0 Å². The van der Waals surface area contributed by atoms with Crippen LogP contribution in [0.15, 0.2) is 0 Å². The molecule has 0 amide bonds. The minimum absolute atomic E-state index is 0.527. The maximum atomic E-state index is 5.65. The second-order valence-corrected chi connectivity index (χ2v) is 6.58. The van der Waals surface area contributed by atoms with E-state index < -0.39 is 0 Å². The second-order valence-electron chi connectivity index (χ2n) is 6.58. The maximum Gasteiger partial charge on any atom is 0.0213 e. The van der Waals surface area contributed by atoms with E-state index in [1.54, 1.807) is 0 Å². The van der Waals surface area contributed by atoms with Gasteiger partial charge in [-0.15, -0.1) is 0 Å². The van der Waals surface area contributed by atoms with Crippen LogP contribution in [0.25, 0.3) is 0 Å².